The van der Waals surface area contributed by atoms with Gasteiger partial charge in [0.15, 0.2) is 0 Å². The van der Waals surface area contributed by atoms with Gasteiger partial charge in [-0.2, -0.15) is 0 Å². The van der Waals surface area contributed by atoms with Gasteiger partial charge in [-0.25, -0.2) is 0 Å². The van der Waals surface area contributed by atoms with Crippen molar-refractivity contribution >= 4 is 10.9 Å². The third kappa shape index (κ3) is 2.42. The van der Waals surface area contributed by atoms with Crippen LogP contribution in [0, 0.1) is 0 Å². The van der Waals surface area contributed by atoms with Gasteiger partial charge in [-0.05, 0) is 37.9 Å². The number of fused-ring (bicyclic) bond motifs is 1. The zero-order chi connectivity index (χ0) is 12.6. The summed E-state index contributed by atoms with van der Waals surface area (Å²) >= 11 is 0. The molecular weight excluding hydrogens is 222 g/mol. The van der Waals surface area contributed by atoms with Gasteiger partial charge in [0.05, 0.1) is 0 Å². The first kappa shape index (κ1) is 11.8. The molecule has 3 nitrogen and oxygen atoms in total. The number of benzene rings is 1. The highest BCUT2D eigenvalue weighted by molar-refractivity contribution is 5.83. The quantitative estimate of drug-likeness (QED) is 0.845. The van der Waals surface area contributed by atoms with Crippen molar-refractivity contribution in [3.8, 4) is 0 Å². The van der Waals surface area contributed by atoms with Crippen LogP contribution in [-0.2, 0) is 6.42 Å². The molecule has 3 heteroatoms. The fraction of sp³-hybridized carbons (Fsp3) is 0.467. The number of H-pyrrole nitrogens is 1. The molecule has 0 atom stereocenters. The Morgan fingerprint density at radius 2 is 2.11 bits per heavy atom. The molecule has 1 saturated carbocycles. The summed E-state index contributed by atoms with van der Waals surface area (Å²) in [5.41, 5.74) is 8.89. The second-order valence-electron chi connectivity index (χ2n) is 5.71. The molecular formula is C15H21N3. The highest BCUT2D eigenvalue weighted by Crippen LogP contribution is 2.32. The van der Waals surface area contributed by atoms with Gasteiger partial charge in [-0.15, -0.1) is 0 Å². The maximum absolute atomic E-state index is 6.14. The average molecular weight is 243 g/mol. The van der Waals surface area contributed by atoms with E-state index in [2.05, 4.69) is 47.4 Å². The molecule has 1 heterocycles. The standard InChI is InChI=1S/C15H21N3/c1-18(11-15(16)7-8-15)9-6-12-10-17-14-5-3-2-4-13(12)14/h2-5,10,17H,6-9,11,16H2,1H3. The number of rotatable bonds is 5. The number of aromatic nitrogens is 1. The predicted molar refractivity (Wildman–Crippen MR) is 75.7 cm³/mol. The maximum Gasteiger partial charge on any atom is 0.0456 e. The lowest BCUT2D eigenvalue weighted by Crippen LogP contribution is -2.38. The zero-order valence-corrected chi connectivity index (χ0v) is 10.9. The Morgan fingerprint density at radius 1 is 1.33 bits per heavy atom. The van der Waals surface area contributed by atoms with E-state index < -0.39 is 0 Å². The molecule has 0 amide bonds. The van der Waals surface area contributed by atoms with Crippen LogP contribution in [0.25, 0.3) is 10.9 Å². The first-order valence-corrected chi connectivity index (χ1v) is 6.69. The number of nitrogens with one attached hydrogen (secondary N) is 1. The molecule has 3 rings (SSSR count). The largest absolute Gasteiger partial charge is 0.361 e. The fourth-order valence-corrected chi connectivity index (χ4v) is 2.59. The van der Waals surface area contributed by atoms with Crippen molar-refractivity contribution < 1.29 is 0 Å². The van der Waals surface area contributed by atoms with E-state index in [4.69, 9.17) is 5.73 Å². The van der Waals surface area contributed by atoms with E-state index in [9.17, 15) is 0 Å². The molecule has 18 heavy (non-hydrogen) atoms. The molecule has 1 aliphatic rings. The molecule has 1 fully saturated rings. The lowest BCUT2D eigenvalue weighted by molar-refractivity contribution is 0.307. The van der Waals surface area contributed by atoms with Crippen LogP contribution < -0.4 is 5.73 Å². The summed E-state index contributed by atoms with van der Waals surface area (Å²) < 4.78 is 0. The summed E-state index contributed by atoms with van der Waals surface area (Å²) in [6, 6.07) is 8.48. The van der Waals surface area contributed by atoms with E-state index in [1.807, 2.05) is 0 Å². The van der Waals surface area contributed by atoms with Gasteiger partial charge in [0.1, 0.15) is 0 Å². The number of likely N-dealkylation sites (N-methyl/N-ethyl adjacent to an activating group) is 1. The van der Waals surface area contributed by atoms with Crippen molar-refractivity contribution in [3.63, 3.8) is 0 Å². The highest BCUT2D eigenvalue weighted by atomic mass is 15.1. The third-order valence-electron chi connectivity index (χ3n) is 3.91. The lowest BCUT2D eigenvalue weighted by Gasteiger charge is -2.20. The second-order valence-corrected chi connectivity index (χ2v) is 5.71. The first-order valence-electron chi connectivity index (χ1n) is 6.69. The minimum atomic E-state index is 0.120. The van der Waals surface area contributed by atoms with Crippen molar-refractivity contribution in [3.05, 3.63) is 36.0 Å². The molecule has 1 aromatic carbocycles. The van der Waals surface area contributed by atoms with E-state index in [0.29, 0.717) is 0 Å². The van der Waals surface area contributed by atoms with Crippen LogP contribution in [0.5, 0.6) is 0 Å². The number of nitrogens with two attached hydrogens (primary N) is 1. The number of hydrogen-bond donors (Lipinski definition) is 2. The summed E-state index contributed by atoms with van der Waals surface area (Å²) in [5, 5.41) is 1.35. The molecule has 0 spiro atoms. The van der Waals surface area contributed by atoms with Gasteiger partial charge in [0.25, 0.3) is 0 Å². The normalized spacial score (nSPS) is 17.5. The van der Waals surface area contributed by atoms with Crippen LogP contribution in [0.2, 0.25) is 0 Å². The molecule has 1 aliphatic carbocycles. The topological polar surface area (TPSA) is 45.0 Å². The van der Waals surface area contributed by atoms with Gasteiger partial charge < -0.3 is 15.6 Å². The van der Waals surface area contributed by atoms with Crippen LogP contribution in [-0.4, -0.2) is 35.6 Å². The van der Waals surface area contributed by atoms with Crippen molar-refractivity contribution in [1.82, 2.24) is 9.88 Å². The number of para-hydroxylation sites is 1. The van der Waals surface area contributed by atoms with Gasteiger partial charge in [0.2, 0.25) is 0 Å². The Kier molecular flexibility index (Phi) is 2.88. The van der Waals surface area contributed by atoms with Crippen molar-refractivity contribution in [2.75, 3.05) is 20.1 Å². The first-order chi connectivity index (χ1) is 8.66. The summed E-state index contributed by atoms with van der Waals surface area (Å²) in [6.07, 6.45) is 5.58. The Hall–Kier alpha value is -1.32. The minimum absolute atomic E-state index is 0.120. The number of nitrogens with zero attached hydrogens (tertiary/aromatic N) is 1. The van der Waals surface area contributed by atoms with Crippen LogP contribution in [0.3, 0.4) is 0 Å². The van der Waals surface area contributed by atoms with E-state index >= 15 is 0 Å². The molecule has 0 saturated heterocycles. The Morgan fingerprint density at radius 3 is 2.89 bits per heavy atom. The van der Waals surface area contributed by atoms with Crippen LogP contribution in [0.1, 0.15) is 18.4 Å². The average Bonchev–Trinajstić information content (AvgIpc) is 2.93. The molecule has 0 bridgehead atoms. The second kappa shape index (κ2) is 4.41. The van der Waals surface area contributed by atoms with E-state index in [0.717, 1.165) is 19.5 Å². The Balaban J connectivity index is 1.62. The molecule has 1 aromatic heterocycles. The SMILES string of the molecule is CN(CCc1c[nH]c2ccccc12)CC1(N)CC1. The summed E-state index contributed by atoms with van der Waals surface area (Å²) in [6.45, 7) is 2.09. The van der Waals surface area contributed by atoms with E-state index in [1.165, 1.54) is 29.3 Å². The molecule has 0 unspecified atom stereocenters. The smallest absolute Gasteiger partial charge is 0.0456 e. The van der Waals surface area contributed by atoms with Gasteiger partial charge in [0, 0.05) is 35.7 Å². The van der Waals surface area contributed by atoms with Crippen molar-refractivity contribution in [2.24, 2.45) is 5.73 Å². The molecule has 96 valence electrons. The van der Waals surface area contributed by atoms with Crippen molar-refractivity contribution in [1.29, 1.82) is 0 Å². The highest BCUT2D eigenvalue weighted by Gasteiger charge is 2.38. The van der Waals surface area contributed by atoms with Crippen molar-refractivity contribution in [2.45, 2.75) is 24.8 Å². The van der Waals surface area contributed by atoms with Gasteiger partial charge in [-0.3, -0.25) is 0 Å². The summed E-state index contributed by atoms with van der Waals surface area (Å²) in [4.78, 5) is 5.69. The maximum atomic E-state index is 6.14. The van der Waals surface area contributed by atoms with Crippen LogP contribution in [0.15, 0.2) is 30.5 Å². The third-order valence-corrected chi connectivity index (χ3v) is 3.91. The molecule has 0 aliphatic heterocycles. The van der Waals surface area contributed by atoms with Crippen LogP contribution in [0.4, 0.5) is 0 Å². The minimum Gasteiger partial charge on any atom is -0.361 e. The van der Waals surface area contributed by atoms with E-state index in [-0.39, 0.29) is 5.54 Å². The van der Waals surface area contributed by atoms with Crippen LogP contribution >= 0.6 is 0 Å². The number of aromatic amines is 1. The fourth-order valence-electron chi connectivity index (χ4n) is 2.59. The summed E-state index contributed by atoms with van der Waals surface area (Å²) in [5.74, 6) is 0. The lowest BCUT2D eigenvalue weighted by atomic mass is 10.1. The molecule has 2 aromatic rings. The Labute approximate surface area is 108 Å². The molecule has 3 N–H and O–H groups in total. The van der Waals surface area contributed by atoms with Gasteiger partial charge >= 0.3 is 0 Å². The predicted octanol–water partition coefficient (Wildman–Crippen LogP) is 2.13. The van der Waals surface area contributed by atoms with E-state index in [1.54, 1.807) is 0 Å². The molecule has 0 radical (unpaired) electrons. The monoisotopic (exact) mass is 243 g/mol. The zero-order valence-electron chi connectivity index (χ0n) is 10.9. The number of hydrogen-bond acceptors (Lipinski definition) is 2. The van der Waals surface area contributed by atoms with Gasteiger partial charge in [-0.1, -0.05) is 18.2 Å². The summed E-state index contributed by atoms with van der Waals surface area (Å²) in [7, 11) is 2.17. The Bertz CT molecular complexity index is 539.